The minimum absolute atomic E-state index is 0.0230. The van der Waals surface area contributed by atoms with Crippen LogP contribution in [0.1, 0.15) is 54.7 Å². The second-order valence-corrected chi connectivity index (χ2v) is 9.79. The lowest BCUT2D eigenvalue weighted by Crippen LogP contribution is -2.34. The molecule has 1 unspecified atom stereocenters. The third-order valence-corrected chi connectivity index (χ3v) is 6.22. The van der Waals surface area contributed by atoms with Gasteiger partial charge in [-0.15, -0.1) is 0 Å². The van der Waals surface area contributed by atoms with Gasteiger partial charge in [-0.1, -0.05) is 67.9 Å². The summed E-state index contributed by atoms with van der Waals surface area (Å²) in [6.07, 6.45) is 0.451. The first-order valence-electron chi connectivity index (χ1n) is 11.9. The Labute approximate surface area is 213 Å². The number of benzene rings is 3. The molecule has 5 nitrogen and oxygen atoms in total. The zero-order chi connectivity index (χ0) is 25.5. The van der Waals surface area contributed by atoms with Gasteiger partial charge in [-0.05, 0) is 54.3 Å². The maximum atomic E-state index is 13.8. The first kappa shape index (κ1) is 26.3. The third kappa shape index (κ3) is 6.86. The molecule has 0 heterocycles. The lowest BCUT2D eigenvalue weighted by Gasteiger charge is -2.32. The second kappa shape index (κ2) is 11.9. The average Bonchev–Trinajstić information content (AvgIpc) is 2.82. The minimum atomic E-state index is -0.200. The summed E-state index contributed by atoms with van der Waals surface area (Å²) >= 11 is 6.42. The molecule has 2 amide bonds. The van der Waals surface area contributed by atoms with Crippen LogP contribution in [0, 0.1) is 5.92 Å². The van der Waals surface area contributed by atoms with Crippen molar-refractivity contribution in [3.8, 4) is 0 Å². The highest BCUT2D eigenvalue weighted by atomic mass is 35.5. The van der Waals surface area contributed by atoms with Gasteiger partial charge in [0.05, 0.1) is 16.6 Å². The molecule has 3 aromatic carbocycles. The summed E-state index contributed by atoms with van der Waals surface area (Å²) in [5.74, 6) is 0.0992. The van der Waals surface area contributed by atoms with E-state index in [0.717, 1.165) is 16.8 Å². The van der Waals surface area contributed by atoms with Crippen molar-refractivity contribution in [3.05, 3.63) is 94.5 Å². The Kier molecular flexibility index (Phi) is 8.94. The van der Waals surface area contributed by atoms with Crippen molar-refractivity contribution in [1.82, 2.24) is 4.90 Å². The van der Waals surface area contributed by atoms with Gasteiger partial charge in [-0.25, -0.2) is 0 Å². The van der Waals surface area contributed by atoms with Gasteiger partial charge in [-0.3, -0.25) is 9.59 Å². The Balaban J connectivity index is 2.02. The molecule has 35 heavy (non-hydrogen) atoms. The van der Waals surface area contributed by atoms with Gasteiger partial charge >= 0.3 is 0 Å². The quantitative estimate of drug-likeness (QED) is 0.358. The zero-order valence-electron chi connectivity index (χ0n) is 21.1. The van der Waals surface area contributed by atoms with Gasteiger partial charge < -0.3 is 15.1 Å². The molecular formula is C29H34ClN3O2. The summed E-state index contributed by atoms with van der Waals surface area (Å²) in [6.45, 7) is 6.40. The first-order valence-corrected chi connectivity index (χ1v) is 12.3. The Bertz CT molecular complexity index is 1160. The molecule has 0 bridgehead atoms. The fourth-order valence-electron chi connectivity index (χ4n) is 4.08. The van der Waals surface area contributed by atoms with E-state index in [1.54, 1.807) is 12.1 Å². The summed E-state index contributed by atoms with van der Waals surface area (Å²) in [5, 5.41) is 3.42. The van der Waals surface area contributed by atoms with E-state index in [1.807, 2.05) is 105 Å². The number of carbonyl (C=O) groups excluding carboxylic acids is 2. The molecule has 0 aliphatic rings. The van der Waals surface area contributed by atoms with E-state index in [-0.39, 0.29) is 23.8 Å². The van der Waals surface area contributed by atoms with E-state index in [9.17, 15) is 9.59 Å². The average molecular weight is 492 g/mol. The van der Waals surface area contributed by atoms with Crippen LogP contribution >= 0.6 is 11.6 Å². The summed E-state index contributed by atoms with van der Waals surface area (Å²) < 4.78 is 0. The van der Waals surface area contributed by atoms with Crippen LogP contribution in [0.2, 0.25) is 5.02 Å². The number of halogens is 1. The molecule has 0 radical (unpaired) electrons. The van der Waals surface area contributed by atoms with E-state index in [4.69, 9.17) is 11.6 Å². The highest BCUT2D eigenvalue weighted by molar-refractivity contribution is 6.33. The van der Waals surface area contributed by atoms with Gasteiger partial charge in [0, 0.05) is 38.4 Å². The largest absolute Gasteiger partial charge is 0.377 e. The van der Waals surface area contributed by atoms with Crippen molar-refractivity contribution in [2.24, 2.45) is 5.92 Å². The SMILES string of the molecule is CC(C)CC(=O)Nc1ccc(N(C)C)c(CN(C(=O)c2ccccc2Cl)C(C)c2ccccc2)c1. The van der Waals surface area contributed by atoms with Crippen LogP contribution in [0.25, 0.3) is 0 Å². The number of hydrogen-bond acceptors (Lipinski definition) is 3. The number of carbonyl (C=O) groups is 2. The maximum Gasteiger partial charge on any atom is 0.256 e. The predicted octanol–water partition coefficient (Wildman–Crippen LogP) is 6.79. The van der Waals surface area contributed by atoms with Gasteiger partial charge in [0.25, 0.3) is 5.91 Å². The standard InChI is InChI=1S/C29H34ClN3O2/c1-20(2)17-28(34)31-24-15-16-27(32(4)5)23(18-24)19-33(21(3)22-11-7-6-8-12-22)29(35)25-13-9-10-14-26(25)30/h6-16,18,20-21H,17,19H2,1-5H3,(H,31,34). The minimum Gasteiger partial charge on any atom is -0.377 e. The predicted molar refractivity (Wildman–Crippen MR) is 145 cm³/mol. The smallest absolute Gasteiger partial charge is 0.256 e. The molecule has 3 aromatic rings. The summed E-state index contributed by atoms with van der Waals surface area (Å²) in [4.78, 5) is 30.1. The normalized spacial score (nSPS) is 11.7. The van der Waals surface area contributed by atoms with E-state index in [1.165, 1.54) is 0 Å². The highest BCUT2D eigenvalue weighted by Crippen LogP contribution is 2.31. The van der Waals surface area contributed by atoms with E-state index in [2.05, 4.69) is 5.32 Å². The third-order valence-electron chi connectivity index (χ3n) is 5.89. The van der Waals surface area contributed by atoms with Crippen LogP contribution in [0.4, 0.5) is 11.4 Å². The fourth-order valence-corrected chi connectivity index (χ4v) is 4.29. The molecular weight excluding hydrogens is 458 g/mol. The van der Waals surface area contributed by atoms with E-state index >= 15 is 0 Å². The molecule has 3 rings (SSSR count). The van der Waals surface area contributed by atoms with Crippen molar-refractivity contribution < 1.29 is 9.59 Å². The molecule has 0 aliphatic carbocycles. The Morgan fingerprint density at radius 3 is 2.20 bits per heavy atom. The molecule has 0 aromatic heterocycles. The molecule has 1 N–H and O–H groups in total. The lowest BCUT2D eigenvalue weighted by atomic mass is 10.0. The number of amides is 2. The molecule has 0 aliphatic heterocycles. The molecule has 0 saturated carbocycles. The molecule has 6 heteroatoms. The number of nitrogens with zero attached hydrogens (tertiary/aromatic N) is 2. The van der Waals surface area contributed by atoms with Gasteiger partial charge in [0.15, 0.2) is 0 Å². The van der Waals surface area contributed by atoms with Gasteiger partial charge in [0.1, 0.15) is 0 Å². The zero-order valence-corrected chi connectivity index (χ0v) is 21.8. The number of nitrogens with one attached hydrogen (secondary N) is 1. The molecule has 0 spiro atoms. The van der Waals surface area contributed by atoms with Crippen LogP contribution in [0.5, 0.6) is 0 Å². The number of rotatable bonds is 9. The van der Waals surface area contributed by atoms with Crippen LogP contribution in [-0.4, -0.2) is 30.8 Å². The lowest BCUT2D eigenvalue weighted by molar-refractivity contribution is -0.116. The van der Waals surface area contributed by atoms with Gasteiger partial charge in [-0.2, -0.15) is 0 Å². The van der Waals surface area contributed by atoms with Crippen LogP contribution in [0.15, 0.2) is 72.8 Å². The number of anilines is 2. The van der Waals surface area contributed by atoms with Crippen LogP contribution < -0.4 is 10.2 Å². The van der Waals surface area contributed by atoms with Crippen molar-refractivity contribution in [2.45, 2.75) is 39.8 Å². The Hall–Kier alpha value is -3.31. The topological polar surface area (TPSA) is 52.7 Å². The first-order chi connectivity index (χ1) is 16.7. The van der Waals surface area contributed by atoms with E-state index < -0.39 is 0 Å². The maximum absolute atomic E-state index is 13.8. The monoisotopic (exact) mass is 491 g/mol. The summed E-state index contributed by atoms with van der Waals surface area (Å²) in [6, 6.07) is 22.7. The summed E-state index contributed by atoms with van der Waals surface area (Å²) in [5.41, 5.74) is 4.11. The Morgan fingerprint density at radius 1 is 0.914 bits per heavy atom. The van der Waals surface area contributed by atoms with E-state index in [0.29, 0.717) is 29.2 Å². The van der Waals surface area contributed by atoms with Crippen LogP contribution in [0.3, 0.4) is 0 Å². The van der Waals surface area contributed by atoms with Crippen LogP contribution in [-0.2, 0) is 11.3 Å². The highest BCUT2D eigenvalue weighted by Gasteiger charge is 2.26. The van der Waals surface area contributed by atoms with Crippen molar-refractivity contribution in [3.63, 3.8) is 0 Å². The van der Waals surface area contributed by atoms with Crippen molar-refractivity contribution in [1.29, 1.82) is 0 Å². The molecule has 184 valence electrons. The Morgan fingerprint density at radius 2 is 1.57 bits per heavy atom. The molecule has 1 atom stereocenters. The van der Waals surface area contributed by atoms with Gasteiger partial charge in [0.2, 0.25) is 5.91 Å². The molecule has 0 fully saturated rings. The number of hydrogen-bond donors (Lipinski definition) is 1. The molecule has 0 saturated heterocycles. The fraction of sp³-hybridized carbons (Fsp3) is 0.310. The summed E-state index contributed by atoms with van der Waals surface area (Å²) in [7, 11) is 3.94. The van der Waals surface area contributed by atoms with Crippen molar-refractivity contribution >= 4 is 34.8 Å². The second-order valence-electron chi connectivity index (χ2n) is 9.38. The van der Waals surface area contributed by atoms with Crippen molar-refractivity contribution in [2.75, 3.05) is 24.3 Å².